The van der Waals surface area contributed by atoms with Crippen molar-refractivity contribution in [2.24, 2.45) is 0 Å². The van der Waals surface area contributed by atoms with Gasteiger partial charge in [-0.1, -0.05) is 29.8 Å². The van der Waals surface area contributed by atoms with Gasteiger partial charge in [0.05, 0.1) is 0 Å². The zero-order valence-corrected chi connectivity index (χ0v) is 12.2. The van der Waals surface area contributed by atoms with Gasteiger partial charge < -0.3 is 4.55 Å². The van der Waals surface area contributed by atoms with Gasteiger partial charge in [-0.15, -0.1) is 0 Å². The molecule has 0 aliphatic heterocycles. The average Bonchev–Trinajstić information content (AvgIpc) is 2.17. The first-order valence-corrected chi connectivity index (χ1v) is 6.15. The summed E-state index contributed by atoms with van der Waals surface area (Å²) in [6, 6.07) is 7.16. The fourth-order valence-electron chi connectivity index (χ4n) is 1.93. The van der Waals surface area contributed by atoms with Crippen LogP contribution in [0.15, 0.2) is 24.3 Å². The van der Waals surface area contributed by atoms with Crippen LogP contribution in [0.2, 0.25) is 0 Å². The Kier molecular flexibility index (Phi) is 4.37. The van der Waals surface area contributed by atoms with E-state index in [-0.39, 0.29) is 34.5 Å². The van der Waals surface area contributed by atoms with Crippen LogP contribution in [-0.4, -0.2) is 13.0 Å². The van der Waals surface area contributed by atoms with Gasteiger partial charge in [-0.3, -0.25) is 0 Å². The first-order valence-electron chi connectivity index (χ1n) is 4.74. The Hall–Kier alpha value is -0.130. The third kappa shape index (κ3) is 2.57. The monoisotopic (exact) mass is 246 g/mol. The van der Waals surface area contributed by atoms with E-state index >= 15 is 0 Å². The fourth-order valence-corrected chi connectivity index (χ4v) is 2.73. The SMILES string of the molecule is CC1=c2ccccc2=C(S(=O)(=O)[O-])CC1.[Na+]. The fraction of sp³-hybridized carbons (Fsp3) is 0.273. The average molecular weight is 246 g/mol. The van der Waals surface area contributed by atoms with Crippen molar-refractivity contribution < 1.29 is 42.5 Å². The molecule has 1 aromatic carbocycles. The number of rotatable bonds is 1. The van der Waals surface area contributed by atoms with E-state index in [4.69, 9.17) is 0 Å². The van der Waals surface area contributed by atoms with Crippen molar-refractivity contribution in [1.82, 2.24) is 0 Å². The molecule has 0 aromatic heterocycles. The van der Waals surface area contributed by atoms with Crippen LogP contribution in [0.1, 0.15) is 19.8 Å². The molecule has 0 N–H and O–H groups in total. The minimum Gasteiger partial charge on any atom is -0.744 e. The normalized spacial score (nSPS) is 15.4. The molecule has 0 bridgehead atoms. The van der Waals surface area contributed by atoms with Crippen LogP contribution >= 0.6 is 0 Å². The van der Waals surface area contributed by atoms with Crippen molar-refractivity contribution in [2.45, 2.75) is 19.8 Å². The molecule has 0 radical (unpaired) electrons. The van der Waals surface area contributed by atoms with Crippen molar-refractivity contribution in [1.29, 1.82) is 0 Å². The van der Waals surface area contributed by atoms with E-state index < -0.39 is 10.1 Å². The van der Waals surface area contributed by atoms with Gasteiger partial charge in [-0.25, -0.2) is 8.42 Å². The minimum absolute atomic E-state index is 0. The first kappa shape index (κ1) is 13.9. The summed E-state index contributed by atoms with van der Waals surface area (Å²) in [6.45, 7) is 1.97. The predicted octanol–water partition coefficient (Wildman–Crippen LogP) is -2.69. The van der Waals surface area contributed by atoms with Crippen molar-refractivity contribution in [2.75, 3.05) is 0 Å². The topological polar surface area (TPSA) is 57.2 Å². The zero-order chi connectivity index (χ0) is 11.1. The molecule has 0 spiro atoms. The molecule has 1 aliphatic carbocycles. The summed E-state index contributed by atoms with van der Waals surface area (Å²) in [7, 11) is -4.31. The Morgan fingerprint density at radius 3 is 2.25 bits per heavy atom. The van der Waals surface area contributed by atoms with Gasteiger partial charge in [0, 0.05) is 4.91 Å². The van der Waals surface area contributed by atoms with E-state index in [0.29, 0.717) is 18.1 Å². The zero-order valence-electron chi connectivity index (χ0n) is 9.36. The Balaban J connectivity index is 0.00000128. The third-order valence-electron chi connectivity index (χ3n) is 2.72. The van der Waals surface area contributed by atoms with Gasteiger partial charge in [0.25, 0.3) is 0 Å². The predicted molar refractivity (Wildman–Crippen MR) is 57.1 cm³/mol. The maximum atomic E-state index is 11.1. The van der Waals surface area contributed by atoms with Crippen LogP contribution in [0.4, 0.5) is 0 Å². The molecule has 80 valence electrons. The molecule has 0 heterocycles. The van der Waals surface area contributed by atoms with Gasteiger partial charge in [0.15, 0.2) is 0 Å². The number of hydrogen-bond donors (Lipinski definition) is 0. The Morgan fingerprint density at radius 1 is 1.12 bits per heavy atom. The van der Waals surface area contributed by atoms with E-state index in [1.165, 1.54) is 0 Å². The van der Waals surface area contributed by atoms with Gasteiger partial charge in [-0.2, -0.15) is 0 Å². The number of benzene rings is 1. The second-order valence-electron chi connectivity index (χ2n) is 3.70. The van der Waals surface area contributed by atoms with E-state index in [9.17, 15) is 13.0 Å². The van der Waals surface area contributed by atoms with Crippen LogP contribution in [0, 0.1) is 0 Å². The van der Waals surface area contributed by atoms with Gasteiger partial charge in [0.1, 0.15) is 10.1 Å². The molecule has 0 amide bonds. The van der Waals surface area contributed by atoms with Crippen LogP contribution < -0.4 is 40.0 Å². The second kappa shape index (κ2) is 5.02. The van der Waals surface area contributed by atoms with Crippen molar-refractivity contribution in [3.8, 4) is 0 Å². The molecule has 3 nitrogen and oxygen atoms in total. The van der Waals surface area contributed by atoms with Crippen molar-refractivity contribution >= 4 is 20.6 Å². The summed E-state index contributed by atoms with van der Waals surface area (Å²) in [5, 5.41) is 1.47. The van der Waals surface area contributed by atoms with Crippen molar-refractivity contribution in [3.63, 3.8) is 0 Å². The Morgan fingerprint density at radius 2 is 1.69 bits per heavy atom. The molecule has 0 atom stereocenters. The molecular weight excluding hydrogens is 235 g/mol. The molecule has 0 saturated heterocycles. The quantitative estimate of drug-likeness (QED) is 0.400. The summed E-state index contributed by atoms with van der Waals surface area (Å²) in [5.74, 6) is 0. The molecule has 2 rings (SSSR count). The van der Waals surface area contributed by atoms with E-state index in [1.807, 2.05) is 19.1 Å². The van der Waals surface area contributed by atoms with Crippen LogP contribution in [-0.2, 0) is 10.1 Å². The molecule has 16 heavy (non-hydrogen) atoms. The maximum absolute atomic E-state index is 11.1. The summed E-state index contributed by atoms with van der Waals surface area (Å²) in [5.41, 5.74) is 1.14. The van der Waals surface area contributed by atoms with Gasteiger partial charge in [0.2, 0.25) is 0 Å². The summed E-state index contributed by atoms with van der Waals surface area (Å²) < 4.78 is 33.2. The second-order valence-corrected chi connectivity index (χ2v) is 5.10. The summed E-state index contributed by atoms with van der Waals surface area (Å²) >= 11 is 0. The smallest absolute Gasteiger partial charge is 0.744 e. The molecule has 0 saturated carbocycles. The van der Waals surface area contributed by atoms with Crippen LogP contribution in [0.5, 0.6) is 0 Å². The van der Waals surface area contributed by atoms with Gasteiger partial charge in [-0.05, 0) is 30.2 Å². The van der Waals surface area contributed by atoms with E-state index in [0.717, 1.165) is 10.8 Å². The van der Waals surface area contributed by atoms with E-state index in [2.05, 4.69) is 0 Å². The first-order chi connectivity index (χ1) is 7.00. The van der Waals surface area contributed by atoms with Gasteiger partial charge >= 0.3 is 29.6 Å². The summed E-state index contributed by atoms with van der Waals surface area (Å²) in [6.07, 6.45) is 0.975. The molecule has 0 fully saturated rings. The molecule has 5 heteroatoms. The third-order valence-corrected chi connectivity index (χ3v) is 3.74. The minimum atomic E-state index is -4.31. The maximum Gasteiger partial charge on any atom is 1.00 e. The number of fused-ring (bicyclic) bond motifs is 1. The molecule has 1 aliphatic rings. The molecular formula is C11H11NaO3S. The van der Waals surface area contributed by atoms with Crippen LogP contribution in [0.3, 0.4) is 0 Å². The van der Waals surface area contributed by atoms with Crippen LogP contribution in [0.25, 0.3) is 10.5 Å². The standard InChI is InChI=1S/C11H12O3S.Na/c1-8-6-7-11(15(12,13)14)10-5-3-2-4-9(8)10;/h2-5H,6-7H2,1H3,(H,12,13,14);/q;+1/p-1. The Labute approximate surface area is 117 Å². The molecule has 1 aromatic rings. The van der Waals surface area contributed by atoms with Crippen molar-refractivity contribution in [3.05, 3.63) is 34.7 Å². The number of hydrogen-bond acceptors (Lipinski definition) is 3. The summed E-state index contributed by atoms with van der Waals surface area (Å²) in [4.78, 5) is 0.0312. The van der Waals surface area contributed by atoms with E-state index in [1.54, 1.807) is 12.1 Å². The molecule has 0 unspecified atom stereocenters. The Bertz CT molecular complexity index is 617. The largest absolute Gasteiger partial charge is 1.00 e.